The minimum absolute atomic E-state index is 0.116. The largest absolute Gasteiger partial charge is 0.476 e. The number of rotatable bonds is 5. The highest BCUT2D eigenvalue weighted by molar-refractivity contribution is 5.85. The van der Waals surface area contributed by atoms with Crippen LogP contribution in [0, 0.1) is 0 Å². The van der Waals surface area contributed by atoms with Crippen LogP contribution in [0.5, 0.6) is 0 Å². The monoisotopic (exact) mass is 247 g/mol. The van der Waals surface area contributed by atoms with E-state index in [0.29, 0.717) is 6.54 Å². The van der Waals surface area contributed by atoms with Crippen LogP contribution in [-0.4, -0.2) is 21.0 Å². The summed E-state index contributed by atoms with van der Waals surface area (Å²) in [7, 11) is 0. The van der Waals surface area contributed by atoms with Gasteiger partial charge >= 0.3 is 5.97 Å². The number of carboxylic acid groups (broad SMARTS) is 1. The summed E-state index contributed by atoms with van der Waals surface area (Å²) in [5, 5.41) is 11.6. The maximum Gasteiger partial charge on any atom is 0.357 e. The van der Waals surface area contributed by atoms with Crippen LogP contribution in [-0.2, 0) is 13.0 Å². The van der Waals surface area contributed by atoms with Crippen LogP contribution in [0.1, 0.15) is 28.7 Å². The van der Waals surface area contributed by atoms with E-state index in [1.165, 1.54) is 0 Å². The number of aryl methyl sites for hydroxylation is 1. The second-order valence-electron chi connectivity index (χ2n) is 3.66. The van der Waals surface area contributed by atoms with Crippen LogP contribution in [0.25, 0.3) is 0 Å². The first-order valence-electron chi connectivity index (χ1n) is 5.56. The summed E-state index contributed by atoms with van der Waals surface area (Å²) >= 11 is 0. The molecule has 18 heavy (non-hydrogen) atoms. The normalized spacial score (nSPS) is 10.3. The fraction of sp³-hybridized carbons (Fsp3) is 0.250. The number of carbonyl (C=O) groups is 1. The molecule has 2 heterocycles. The van der Waals surface area contributed by atoms with Crippen LogP contribution in [0.3, 0.4) is 0 Å². The summed E-state index contributed by atoms with van der Waals surface area (Å²) in [5.41, 5.74) is 1.92. The lowest BCUT2D eigenvalue weighted by molar-refractivity contribution is 0.0690. The third-order valence-electron chi connectivity index (χ3n) is 2.50. The molecule has 0 aromatic carbocycles. The molecular weight excluding hydrogens is 234 g/mol. The third kappa shape index (κ3) is 2.65. The van der Waals surface area contributed by atoms with Gasteiger partial charge in [-0.25, -0.2) is 4.79 Å². The summed E-state index contributed by atoms with van der Waals surface area (Å²) in [6.45, 7) is 2.50. The zero-order valence-electron chi connectivity index (χ0n) is 9.88. The summed E-state index contributed by atoms with van der Waals surface area (Å²) in [5.74, 6) is -1.11. The van der Waals surface area contributed by atoms with Gasteiger partial charge in [0.15, 0.2) is 5.69 Å². The third-order valence-corrected chi connectivity index (χ3v) is 2.50. The molecule has 0 aliphatic heterocycles. The van der Waals surface area contributed by atoms with E-state index < -0.39 is 5.97 Å². The van der Waals surface area contributed by atoms with Crippen LogP contribution >= 0.6 is 0 Å². The SMILES string of the molecule is CCc1cccnc1CNc1nc(C(=O)O)co1. The Morgan fingerprint density at radius 2 is 2.39 bits per heavy atom. The molecule has 0 saturated carbocycles. The van der Waals surface area contributed by atoms with Gasteiger partial charge in [0.05, 0.1) is 12.2 Å². The lowest BCUT2D eigenvalue weighted by Gasteiger charge is -2.06. The van der Waals surface area contributed by atoms with Crippen molar-refractivity contribution in [1.82, 2.24) is 9.97 Å². The highest BCUT2D eigenvalue weighted by atomic mass is 16.4. The lowest BCUT2D eigenvalue weighted by Crippen LogP contribution is -2.05. The van der Waals surface area contributed by atoms with Crippen molar-refractivity contribution in [1.29, 1.82) is 0 Å². The number of hydrogen-bond acceptors (Lipinski definition) is 5. The van der Waals surface area contributed by atoms with Gasteiger partial charge in [-0.15, -0.1) is 0 Å². The van der Waals surface area contributed by atoms with E-state index in [0.717, 1.165) is 23.9 Å². The van der Waals surface area contributed by atoms with E-state index in [9.17, 15) is 4.79 Å². The van der Waals surface area contributed by atoms with Gasteiger partial charge in [0, 0.05) is 6.20 Å². The first-order chi connectivity index (χ1) is 8.70. The molecule has 0 fully saturated rings. The van der Waals surface area contributed by atoms with E-state index in [1.54, 1.807) is 6.20 Å². The zero-order valence-corrected chi connectivity index (χ0v) is 9.88. The van der Waals surface area contributed by atoms with Crippen molar-refractivity contribution in [3.8, 4) is 0 Å². The fourth-order valence-electron chi connectivity index (χ4n) is 1.56. The van der Waals surface area contributed by atoms with Crippen molar-refractivity contribution in [2.75, 3.05) is 5.32 Å². The number of hydrogen-bond donors (Lipinski definition) is 2. The first kappa shape index (κ1) is 12.1. The molecule has 94 valence electrons. The van der Waals surface area contributed by atoms with Gasteiger partial charge in [-0.2, -0.15) is 4.98 Å². The van der Waals surface area contributed by atoms with E-state index in [-0.39, 0.29) is 11.7 Å². The molecule has 0 spiro atoms. The molecule has 0 saturated heterocycles. The molecule has 0 amide bonds. The molecular formula is C12H13N3O3. The first-order valence-corrected chi connectivity index (χ1v) is 5.56. The van der Waals surface area contributed by atoms with Gasteiger partial charge < -0.3 is 14.8 Å². The Hall–Kier alpha value is -2.37. The van der Waals surface area contributed by atoms with Crippen molar-refractivity contribution in [3.05, 3.63) is 41.5 Å². The number of aromatic nitrogens is 2. The number of nitrogens with one attached hydrogen (secondary N) is 1. The van der Waals surface area contributed by atoms with Crippen molar-refractivity contribution < 1.29 is 14.3 Å². The van der Waals surface area contributed by atoms with Crippen LogP contribution in [0.4, 0.5) is 6.01 Å². The maximum atomic E-state index is 10.6. The van der Waals surface area contributed by atoms with Crippen molar-refractivity contribution >= 4 is 12.0 Å². The Morgan fingerprint density at radius 1 is 1.56 bits per heavy atom. The maximum absolute atomic E-state index is 10.6. The molecule has 6 heteroatoms. The number of nitrogens with zero attached hydrogens (tertiary/aromatic N) is 2. The van der Waals surface area contributed by atoms with Gasteiger partial charge in [0.25, 0.3) is 6.01 Å². The predicted octanol–water partition coefficient (Wildman–Crippen LogP) is 1.94. The molecule has 0 aliphatic carbocycles. The van der Waals surface area contributed by atoms with E-state index in [4.69, 9.17) is 9.52 Å². The number of anilines is 1. The zero-order chi connectivity index (χ0) is 13.0. The number of pyridine rings is 1. The van der Waals surface area contributed by atoms with E-state index in [2.05, 4.69) is 15.3 Å². The van der Waals surface area contributed by atoms with Crippen molar-refractivity contribution in [3.63, 3.8) is 0 Å². The molecule has 0 unspecified atom stereocenters. The second-order valence-corrected chi connectivity index (χ2v) is 3.66. The molecule has 2 aromatic heterocycles. The van der Waals surface area contributed by atoms with Crippen LogP contribution in [0.15, 0.2) is 29.0 Å². The Bertz CT molecular complexity index is 551. The quantitative estimate of drug-likeness (QED) is 0.839. The van der Waals surface area contributed by atoms with Gasteiger partial charge in [-0.05, 0) is 18.1 Å². The lowest BCUT2D eigenvalue weighted by atomic mass is 10.1. The predicted molar refractivity (Wildman–Crippen MR) is 64.4 cm³/mol. The minimum Gasteiger partial charge on any atom is -0.476 e. The molecule has 0 atom stereocenters. The molecule has 2 N–H and O–H groups in total. The van der Waals surface area contributed by atoms with Gasteiger partial charge in [-0.3, -0.25) is 4.98 Å². The fourth-order valence-corrected chi connectivity index (χ4v) is 1.56. The van der Waals surface area contributed by atoms with E-state index >= 15 is 0 Å². The second kappa shape index (κ2) is 5.31. The van der Waals surface area contributed by atoms with E-state index in [1.807, 2.05) is 19.1 Å². The highest BCUT2D eigenvalue weighted by Gasteiger charge is 2.10. The molecule has 6 nitrogen and oxygen atoms in total. The summed E-state index contributed by atoms with van der Waals surface area (Å²) in [6, 6.07) is 4.07. The van der Waals surface area contributed by atoms with Crippen molar-refractivity contribution in [2.24, 2.45) is 0 Å². The Labute approximate surface area is 104 Å². The topological polar surface area (TPSA) is 88.2 Å². The average Bonchev–Trinajstić information content (AvgIpc) is 2.85. The Morgan fingerprint density at radius 3 is 3.06 bits per heavy atom. The Kier molecular flexibility index (Phi) is 3.57. The molecule has 0 aliphatic rings. The molecule has 0 bridgehead atoms. The average molecular weight is 247 g/mol. The summed E-state index contributed by atoms with van der Waals surface area (Å²) < 4.78 is 4.99. The van der Waals surface area contributed by atoms with Crippen LogP contribution < -0.4 is 5.32 Å². The summed E-state index contributed by atoms with van der Waals surface area (Å²) in [4.78, 5) is 18.7. The smallest absolute Gasteiger partial charge is 0.357 e. The highest BCUT2D eigenvalue weighted by Crippen LogP contribution is 2.11. The Balaban J connectivity index is 2.04. The molecule has 2 aromatic rings. The number of carboxylic acids is 1. The number of oxazole rings is 1. The van der Waals surface area contributed by atoms with Crippen molar-refractivity contribution in [2.45, 2.75) is 19.9 Å². The molecule has 2 rings (SSSR count). The van der Waals surface area contributed by atoms with Crippen LogP contribution in [0.2, 0.25) is 0 Å². The summed E-state index contributed by atoms with van der Waals surface area (Å²) in [6.07, 6.45) is 3.70. The standard InChI is InChI=1S/C12H13N3O3/c1-2-8-4-3-5-13-9(8)6-14-12-15-10(7-18-12)11(16)17/h3-5,7H,2,6H2,1H3,(H,14,15)(H,16,17). The molecule has 0 radical (unpaired) electrons. The van der Waals surface area contributed by atoms with Gasteiger partial charge in [-0.1, -0.05) is 13.0 Å². The number of aromatic carboxylic acids is 1. The minimum atomic E-state index is -1.11. The van der Waals surface area contributed by atoms with Gasteiger partial charge in [0.1, 0.15) is 6.26 Å². The van der Waals surface area contributed by atoms with Gasteiger partial charge in [0.2, 0.25) is 0 Å².